The van der Waals surface area contributed by atoms with Crippen molar-refractivity contribution in [3.8, 4) is 11.6 Å². The van der Waals surface area contributed by atoms with Crippen molar-refractivity contribution in [1.29, 1.82) is 0 Å². The Morgan fingerprint density at radius 3 is 2.53 bits per heavy atom. The molecule has 4 nitrogen and oxygen atoms in total. The Bertz CT molecular complexity index is 543. The summed E-state index contributed by atoms with van der Waals surface area (Å²) in [5.74, 6) is 2.93. The predicted octanol–water partition coefficient (Wildman–Crippen LogP) is 3.87. The highest BCUT2D eigenvalue weighted by molar-refractivity contribution is 14.1. The maximum Gasteiger partial charge on any atom is 0.224 e. The van der Waals surface area contributed by atoms with Crippen LogP contribution < -0.4 is 10.1 Å². The molecule has 0 aliphatic rings. The van der Waals surface area contributed by atoms with Crippen molar-refractivity contribution >= 4 is 28.4 Å². The van der Waals surface area contributed by atoms with Crippen LogP contribution in [0.4, 0.5) is 5.82 Å². The van der Waals surface area contributed by atoms with E-state index in [1.54, 1.807) is 0 Å². The summed E-state index contributed by atoms with van der Waals surface area (Å²) < 4.78 is 6.94. The number of nitrogens with one attached hydrogen (secondary N) is 1. The van der Waals surface area contributed by atoms with E-state index in [0.717, 1.165) is 30.4 Å². The lowest BCUT2D eigenvalue weighted by atomic mass is 10.3. The Morgan fingerprint density at radius 2 is 1.89 bits per heavy atom. The van der Waals surface area contributed by atoms with Gasteiger partial charge in [-0.25, -0.2) is 4.98 Å². The van der Waals surface area contributed by atoms with Gasteiger partial charge < -0.3 is 10.1 Å². The van der Waals surface area contributed by atoms with Crippen molar-refractivity contribution in [2.75, 3.05) is 11.9 Å². The normalized spacial score (nSPS) is 10.3. The third-order valence-corrected chi connectivity index (χ3v) is 3.18. The van der Waals surface area contributed by atoms with Crippen molar-refractivity contribution in [3.63, 3.8) is 0 Å². The van der Waals surface area contributed by atoms with Crippen LogP contribution in [0.2, 0.25) is 0 Å². The Hall–Kier alpha value is -1.37. The fourth-order valence-corrected chi connectivity index (χ4v) is 1.94. The van der Waals surface area contributed by atoms with Crippen molar-refractivity contribution < 1.29 is 4.74 Å². The minimum Gasteiger partial charge on any atom is -0.439 e. The van der Waals surface area contributed by atoms with Crippen molar-refractivity contribution in [2.45, 2.75) is 20.3 Å². The Morgan fingerprint density at radius 1 is 1.16 bits per heavy atom. The van der Waals surface area contributed by atoms with Gasteiger partial charge in [-0.3, -0.25) is 0 Å². The highest BCUT2D eigenvalue weighted by Gasteiger charge is 2.05. The Kier molecular flexibility index (Phi) is 4.95. The summed E-state index contributed by atoms with van der Waals surface area (Å²) in [6, 6.07) is 9.69. The first kappa shape index (κ1) is 14.0. The van der Waals surface area contributed by atoms with E-state index in [1.807, 2.05) is 44.2 Å². The minimum absolute atomic E-state index is 0.573. The number of nitrogens with zero attached hydrogens (tertiary/aromatic N) is 2. The highest BCUT2D eigenvalue weighted by Crippen LogP contribution is 2.22. The molecule has 0 saturated carbocycles. The molecule has 0 amide bonds. The maximum absolute atomic E-state index is 5.77. The average molecular weight is 369 g/mol. The number of aromatic nitrogens is 2. The predicted molar refractivity (Wildman–Crippen MR) is 84.8 cm³/mol. The second-order valence-corrected chi connectivity index (χ2v) is 5.19. The van der Waals surface area contributed by atoms with Crippen molar-refractivity contribution in [2.24, 2.45) is 0 Å². The lowest BCUT2D eigenvalue weighted by Gasteiger charge is -2.09. The van der Waals surface area contributed by atoms with Gasteiger partial charge in [0.15, 0.2) is 0 Å². The van der Waals surface area contributed by atoms with Gasteiger partial charge in [-0.2, -0.15) is 4.98 Å². The molecule has 0 radical (unpaired) electrons. The molecule has 0 atom stereocenters. The molecular formula is C14H16IN3O. The largest absolute Gasteiger partial charge is 0.439 e. The van der Waals surface area contributed by atoms with Gasteiger partial charge in [0.05, 0.1) is 0 Å². The van der Waals surface area contributed by atoms with Crippen LogP contribution in [-0.4, -0.2) is 16.5 Å². The second kappa shape index (κ2) is 6.70. The lowest BCUT2D eigenvalue weighted by molar-refractivity contribution is 0.459. The third kappa shape index (κ3) is 4.05. The SMILES string of the molecule is CCNc1cc(Oc2ccc(I)cc2)nc(CC)n1. The summed E-state index contributed by atoms with van der Waals surface area (Å²) in [7, 11) is 0. The molecule has 19 heavy (non-hydrogen) atoms. The average Bonchev–Trinajstić information content (AvgIpc) is 2.41. The summed E-state index contributed by atoms with van der Waals surface area (Å²) in [6.45, 7) is 4.89. The molecule has 0 aliphatic heterocycles. The number of ether oxygens (including phenoxy) is 1. The molecule has 0 aliphatic carbocycles. The fraction of sp³-hybridized carbons (Fsp3) is 0.286. The Balaban J connectivity index is 2.23. The van der Waals surface area contributed by atoms with Crippen LogP contribution in [0.3, 0.4) is 0 Å². The molecule has 1 heterocycles. The fourth-order valence-electron chi connectivity index (χ4n) is 1.58. The number of benzene rings is 1. The molecule has 1 aromatic carbocycles. The monoisotopic (exact) mass is 369 g/mol. The molecule has 0 fully saturated rings. The van der Waals surface area contributed by atoms with E-state index in [4.69, 9.17) is 4.74 Å². The molecular weight excluding hydrogens is 353 g/mol. The van der Waals surface area contributed by atoms with Crippen LogP contribution in [0.1, 0.15) is 19.7 Å². The van der Waals surface area contributed by atoms with E-state index >= 15 is 0 Å². The second-order valence-electron chi connectivity index (χ2n) is 3.95. The van der Waals surface area contributed by atoms with Crippen molar-refractivity contribution in [1.82, 2.24) is 9.97 Å². The van der Waals surface area contributed by atoms with Crippen LogP contribution in [0.5, 0.6) is 11.6 Å². The molecule has 0 bridgehead atoms. The van der Waals surface area contributed by atoms with E-state index in [0.29, 0.717) is 5.88 Å². The number of anilines is 1. The first-order valence-corrected chi connectivity index (χ1v) is 7.34. The van der Waals surface area contributed by atoms with E-state index in [9.17, 15) is 0 Å². The zero-order chi connectivity index (χ0) is 13.7. The highest BCUT2D eigenvalue weighted by atomic mass is 127. The molecule has 0 saturated heterocycles. The molecule has 100 valence electrons. The van der Waals surface area contributed by atoms with Gasteiger partial charge in [0.2, 0.25) is 5.88 Å². The molecule has 5 heteroatoms. The molecule has 1 N–H and O–H groups in total. The van der Waals surface area contributed by atoms with E-state index < -0.39 is 0 Å². The topological polar surface area (TPSA) is 47.0 Å². The number of halogens is 1. The standard InChI is InChI=1S/C14H16IN3O/c1-3-12-17-13(16-4-2)9-14(18-12)19-11-7-5-10(15)6-8-11/h5-9H,3-4H2,1-2H3,(H,16,17,18). The lowest BCUT2D eigenvalue weighted by Crippen LogP contribution is -2.04. The first-order chi connectivity index (χ1) is 9.21. The van der Waals surface area contributed by atoms with Crippen LogP contribution in [0, 0.1) is 3.57 Å². The third-order valence-electron chi connectivity index (χ3n) is 2.46. The summed E-state index contributed by atoms with van der Waals surface area (Å²) >= 11 is 2.26. The summed E-state index contributed by atoms with van der Waals surface area (Å²) in [5, 5.41) is 3.19. The zero-order valence-electron chi connectivity index (χ0n) is 11.0. The molecule has 0 spiro atoms. The maximum atomic E-state index is 5.77. The minimum atomic E-state index is 0.573. The van der Waals surface area contributed by atoms with E-state index in [2.05, 4.69) is 37.9 Å². The molecule has 1 aromatic heterocycles. The van der Waals surface area contributed by atoms with Gasteiger partial charge >= 0.3 is 0 Å². The smallest absolute Gasteiger partial charge is 0.224 e. The zero-order valence-corrected chi connectivity index (χ0v) is 13.1. The van der Waals surface area contributed by atoms with Crippen LogP contribution in [-0.2, 0) is 6.42 Å². The van der Waals surface area contributed by atoms with E-state index in [-0.39, 0.29) is 0 Å². The summed E-state index contributed by atoms with van der Waals surface area (Å²) in [5.41, 5.74) is 0. The first-order valence-electron chi connectivity index (χ1n) is 6.26. The van der Waals surface area contributed by atoms with Gasteiger partial charge in [-0.05, 0) is 53.8 Å². The summed E-state index contributed by atoms with van der Waals surface area (Å²) in [4.78, 5) is 8.77. The van der Waals surface area contributed by atoms with Crippen LogP contribution >= 0.6 is 22.6 Å². The molecule has 0 unspecified atom stereocenters. The van der Waals surface area contributed by atoms with Gasteiger partial charge in [0.25, 0.3) is 0 Å². The summed E-state index contributed by atoms with van der Waals surface area (Å²) in [6.07, 6.45) is 0.780. The van der Waals surface area contributed by atoms with Crippen LogP contribution in [0.15, 0.2) is 30.3 Å². The van der Waals surface area contributed by atoms with Gasteiger partial charge in [-0.1, -0.05) is 6.92 Å². The quantitative estimate of drug-likeness (QED) is 0.813. The number of rotatable bonds is 5. The van der Waals surface area contributed by atoms with E-state index in [1.165, 1.54) is 3.57 Å². The van der Waals surface area contributed by atoms with Gasteiger partial charge in [0, 0.05) is 22.6 Å². The van der Waals surface area contributed by atoms with Gasteiger partial charge in [0.1, 0.15) is 17.4 Å². The number of hydrogen-bond donors (Lipinski definition) is 1. The Labute approximate surface area is 126 Å². The van der Waals surface area contributed by atoms with Gasteiger partial charge in [-0.15, -0.1) is 0 Å². The molecule has 2 rings (SSSR count). The number of aryl methyl sites for hydroxylation is 1. The van der Waals surface area contributed by atoms with Crippen molar-refractivity contribution in [3.05, 3.63) is 39.7 Å². The van der Waals surface area contributed by atoms with Crippen LogP contribution in [0.25, 0.3) is 0 Å². The number of hydrogen-bond acceptors (Lipinski definition) is 4. The molecule has 2 aromatic rings.